The molecule has 0 unspecified atom stereocenters. The molecule has 0 atom stereocenters. The van der Waals surface area contributed by atoms with Crippen LogP contribution in [0.25, 0.3) is 11.0 Å². The second-order valence-electron chi connectivity index (χ2n) is 5.60. The maximum Gasteiger partial charge on any atom is 0.243 e. The molecule has 0 saturated heterocycles. The molecule has 4 nitrogen and oxygen atoms in total. The van der Waals surface area contributed by atoms with E-state index in [0.717, 1.165) is 30.7 Å². The highest BCUT2D eigenvalue weighted by atomic mass is 16.1. The predicted octanol–water partition coefficient (Wildman–Crippen LogP) is 2.93. The minimum Gasteiger partial charge on any atom is -0.352 e. The zero-order valence-electron chi connectivity index (χ0n) is 12.8. The molecular formula is C17H23N3O. The van der Waals surface area contributed by atoms with Gasteiger partial charge in [0.15, 0.2) is 0 Å². The Labute approximate surface area is 125 Å². The van der Waals surface area contributed by atoms with Crippen molar-refractivity contribution in [2.24, 2.45) is 5.92 Å². The lowest BCUT2D eigenvalue weighted by atomic mass is 10.1. The predicted molar refractivity (Wildman–Crippen MR) is 86.1 cm³/mol. The Bertz CT molecular complexity index is 628. The lowest BCUT2D eigenvalue weighted by Gasteiger charge is -2.11. The van der Waals surface area contributed by atoms with Crippen LogP contribution < -0.4 is 5.32 Å². The van der Waals surface area contributed by atoms with Crippen LogP contribution in [-0.2, 0) is 17.8 Å². The molecule has 1 aromatic carbocycles. The Morgan fingerprint density at radius 1 is 1.43 bits per heavy atom. The number of hydrogen-bond acceptors (Lipinski definition) is 2. The van der Waals surface area contributed by atoms with Crippen molar-refractivity contribution in [1.29, 1.82) is 0 Å². The van der Waals surface area contributed by atoms with Gasteiger partial charge < -0.3 is 9.88 Å². The second kappa shape index (κ2) is 7.07. The van der Waals surface area contributed by atoms with Crippen molar-refractivity contribution in [3.05, 3.63) is 42.7 Å². The van der Waals surface area contributed by atoms with Crippen LogP contribution in [0.3, 0.4) is 0 Å². The molecule has 1 heterocycles. The van der Waals surface area contributed by atoms with E-state index in [2.05, 4.69) is 36.4 Å². The van der Waals surface area contributed by atoms with Gasteiger partial charge in [-0.2, -0.15) is 0 Å². The highest BCUT2D eigenvalue weighted by Gasteiger charge is 2.10. The van der Waals surface area contributed by atoms with Gasteiger partial charge in [0.25, 0.3) is 0 Å². The number of imidazole rings is 1. The van der Waals surface area contributed by atoms with E-state index in [1.54, 1.807) is 0 Å². The summed E-state index contributed by atoms with van der Waals surface area (Å²) < 4.78 is 2.27. The first kappa shape index (κ1) is 15.3. The quantitative estimate of drug-likeness (QED) is 0.795. The highest BCUT2D eigenvalue weighted by molar-refractivity contribution is 5.86. The number of amides is 1. The number of nitrogens with one attached hydrogen (secondary N) is 1. The van der Waals surface area contributed by atoms with Crippen LogP contribution in [0.4, 0.5) is 0 Å². The first-order chi connectivity index (χ1) is 10.1. The lowest BCUT2D eigenvalue weighted by molar-refractivity contribution is -0.116. The zero-order chi connectivity index (χ0) is 15.2. The maximum absolute atomic E-state index is 11.2. The van der Waals surface area contributed by atoms with E-state index in [9.17, 15) is 4.79 Å². The van der Waals surface area contributed by atoms with Gasteiger partial charge >= 0.3 is 0 Å². The van der Waals surface area contributed by atoms with Gasteiger partial charge in [0.1, 0.15) is 5.82 Å². The van der Waals surface area contributed by atoms with Crippen LogP contribution in [0.15, 0.2) is 36.9 Å². The molecule has 0 spiro atoms. The summed E-state index contributed by atoms with van der Waals surface area (Å²) in [6.45, 7) is 9.45. The molecule has 1 N–H and O–H groups in total. The first-order valence-corrected chi connectivity index (χ1v) is 7.46. The van der Waals surface area contributed by atoms with Gasteiger partial charge in [-0.1, -0.05) is 32.6 Å². The Morgan fingerprint density at radius 2 is 2.19 bits per heavy atom. The third kappa shape index (κ3) is 3.94. The summed E-state index contributed by atoms with van der Waals surface area (Å²) in [4.78, 5) is 15.9. The molecule has 0 aliphatic rings. The molecule has 2 rings (SSSR count). The number of hydrogen-bond donors (Lipinski definition) is 1. The summed E-state index contributed by atoms with van der Waals surface area (Å²) in [6, 6.07) is 8.19. The fraction of sp³-hybridized carbons (Fsp3) is 0.412. The Kier molecular flexibility index (Phi) is 5.14. The van der Waals surface area contributed by atoms with Crippen molar-refractivity contribution in [2.45, 2.75) is 33.2 Å². The van der Waals surface area contributed by atoms with E-state index < -0.39 is 0 Å². The molecule has 0 fully saturated rings. The number of benzene rings is 1. The minimum atomic E-state index is -0.139. The van der Waals surface area contributed by atoms with Crippen LogP contribution in [0.1, 0.15) is 26.1 Å². The number of para-hydroxylation sites is 2. The standard InChI is InChI=1S/C17H23N3O/c1-4-17(21)18-11-9-16-19-14-7-5-6-8-15(14)20(16)12-10-13(2)3/h4-8,13H,1,9-12H2,2-3H3,(H,18,21). The molecule has 0 radical (unpaired) electrons. The normalized spacial score (nSPS) is 11.0. The van der Waals surface area contributed by atoms with Crippen molar-refractivity contribution in [3.8, 4) is 0 Å². The van der Waals surface area contributed by atoms with Gasteiger partial charge in [-0.05, 0) is 30.5 Å². The van der Waals surface area contributed by atoms with Crippen LogP contribution >= 0.6 is 0 Å². The van der Waals surface area contributed by atoms with Gasteiger partial charge in [-0.15, -0.1) is 0 Å². The van der Waals surface area contributed by atoms with Gasteiger partial charge in [-0.3, -0.25) is 4.79 Å². The second-order valence-corrected chi connectivity index (χ2v) is 5.60. The zero-order valence-corrected chi connectivity index (χ0v) is 12.8. The summed E-state index contributed by atoms with van der Waals surface area (Å²) in [5.41, 5.74) is 2.19. The molecule has 0 saturated carbocycles. The van der Waals surface area contributed by atoms with Crippen molar-refractivity contribution < 1.29 is 4.79 Å². The monoisotopic (exact) mass is 285 g/mol. The number of aryl methyl sites for hydroxylation is 1. The fourth-order valence-corrected chi connectivity index (χ4v) is 2.32. The molecule has 0 bridgehead atoms. The largest absolute Gasteiger partial charge is 0.352 e. The maximum atomic E-state index is 11.2. The molecular weight excluding hydrogens is 262 g/mol. The summed E-state index contributed by atoms with van der Waals surface area (Å²) in [5.74, 6) is 1.54. The number of fused-ring (bicyclic) bond motifs is 1. The highest BCUT2D eigenvalue weighted by Crippen LogP contribution is 2.18. The number of nitrogens with zero attached hydrogens (tertiary/aromatic N) is 2. The molecule has 1 amide bonds. The molecule has 0 aliphatic heterocycles. The minimum absolute atomic E-state index is 0.139. The van der Waals surface area contributed by atoms with Crippen LogP contribution in [-0.4, -0.2) is 22.0 Å². The smallest absolute Gasteiger partial charge is 0.243 e. The lowest BCUT2D eigenvalue weighted by Crippen LogP contribution is -2.24. The SMILES string of the molecule is C=CC(=O)NCCc1nc2ccccc2n1CCC(C)C. The Balaban J connectivity index is 2.17. The van der Waals surface area contributed by atoms with E-state index in [4.69, 9.17) is 4.98 Å². The molecule has 112 valence electrons. The summed E-state index contributed by atoms with van der Waals surface area (Å²) in [6.07, 6.45) is 3.14. The molecule has 0 aliphatic carbocycles. The number of aromatic nitrogens is 2. The Hall–Kier alpha value is -2.10. The van der Waals surface area contributed by atoms with Gasteiger partial charge in [0.2, 0.25) is 5.91 Å². The number of carbonyl (C=O) groups is 1. The third-order valence-corrected chi connectivity index (χ3v) is 3.50. The summed E-state index contributed by atoms with van der Waals surface area (Å²) in [5, 5.41) is 2.81. The van der Waals surface area contributed by atoms with E-state index in [-0.39, 0.29) is 5.91 Å². The summed E-state index contributed by atoms with van der Waals surface area (Å²) >= 11 is 0. The van der Waals surface area contributed by atoms with E-state index >= 15 is 0 Å². The van der Waals surface area contributed by atoms with Crippen molar-refractivity contribution >= 4 is 16.9 Å². The average Bonchev–Trinajstić information content (AvgIpc) is 2.82. The van der Waals surface area contributed by atoms with Crippen molar-refractivity contribution in [2.75, 3.05) is 6.54 Å². The van der Waals surface area contributed by atoms with Crippen LogP contribution in [0.5, 0.6) is 0 Å². The molecule has 4 heteroatoms. The van der Waals surface area contributed by atoms with Crippen molar-refractivity contribution in [3.63, 3.8) is 0 Å². The molecule has 1 aromatic heterocycles. The number of rotatable bonds is 7. The topological polar surface area (TPSA) is 46.9 Å². The number of carbonyl (C=O) groups excluding carboxylic acids is 1. The van der Waals surface area contributed by atoms with E-state index in [1.165, 1.54) is 11.6 Å². The van der Waals surface area contributed by atoms with Crippen LogP contribution in [0.2, 0.25) is 0 Å². The van der Waals surface area contributed by atoms with E-state index in [1.807, 2.05) is 18.2 Å². The Morgan fingerprint density at radius 3 is 2.90 bits per heavy atom. The van der Waals surface area contributed by atoms with Gasteiger partial charge in [0.05, 0.1) is 11.0 Å². The molecule has 2 aromatic rings. The van der Waals surface area contributed by atoms with Crippen molar-refractivity contribution in [1.82, 2.24) is 14.9 Å². The van der Waals surface area contributed by atoms with Gasteiger partial charge in [-0.25, -0.2) is 4.98 Å². The fourth-order valence-electron chi connectivity index (χ4n) is 2.32. The average molecular weight is 285 g/mol. The summed E-state index contributed by atoms with van der Waals surface area (Å²) in [7, 11) is 0. The van der Waals surface area contributed by atoms with E-state index in [0.29, 0.717) is 12.5 Å². The molecule has 21 heavy (non-hydrogen) atoms. The first-order valence-electron chi connectivity index (χ1n) is 7.46. The third-order valence-electron chi connectivity index (χ3n) is 3.50. The van der Waals surface area contributed by atoms with Gasteiger partial charge in [0, 0.05) is 19.5 Å². The van der Waals surface area contributed by atoms with Crippen LogP contribution in [0, 0.1) is 5.92 Å².